The Morgan fingerprint density at radius 1 is 1.40 bits per heavy atom. The van der Waals surface area contributed by atoms with Gasteiger partial charge in [0.1, 0.15) is 10.8 Å². The van der Waals surface area contributed by atoms with Crippen molar-refractivity contribution in [1.82, 2.24) is 10.3 Å². The Labute approximate surface area is 163 Å². The summed E-state index contributed by atoms with van der Waals surface area (Å²) in [5.41, 5.74) is 2.58. The van der Waals surface area contributed by atoms with Crippen LogP contribution in [0.15, 0.2) is 52.0 Å². The van der Waals surface area contributed by atoms with E-state index in [9.17, 15) is 9.18 Å². The van der Waals surface area contributed by atoms with Gasteiger partial charge in [0.2, 0.25) is 5.91 Å². The average molecular weight is 441 g/mol. The molecule has 25 heavy (non-hydrogen) atoms. The molecule has 1 aromatic carbocycles. The van der Waals surface area contributed by atoms with Crippen molar-refractivity contribution in [2.45, 2.75) is 19.6 Å². The van der Waals surface area contributed by atoms with Gasteiger partial charge in [-0.15, -0.1) is 23.1 Å². The third-order valence-corrected chi connectivity index (χ3v) is 5.44. The number of benzene rings is 1. The number of nitrogens with one attached hydrogen (secondary N) is 1. The van der Waals surface area contributed by atoms with Crippen molar-refractivity contribution in [2.24, 2.45) is 0 Å². The van der Waals surface area contributed by atoms with Gasteiger partial charge in [-0.3, -0.25) is 4.79 Å². The van der Waals surface area contributed by atoms with Gasteiger partial charge in [0.25, 0.3) is 0 Å². The molecule has 0 saturated carbocycles. The van der Waals surface area contributed by atoms with Crippen LogP contribution < -0.4 is 5.32 Å². The maximum atomic E-state index is 13.0. The van der Waals surface area contributed by atoms with E-state index >= 15 is 0 Å². The summed E-state index contributed by atoms with van der Waals surface area (Å²) in [7, 11) is 0. The summed E-state index contributed by atoms with van der Waals surface area (Å²) in [6, 6.07) is 6.29. The first-order valence-electron chi connectivity index (χ1n) is 7.56. The molecule has 1 heterocycles. The number of hydrogen-bond acceptors (Lipinski definition) is 4. The number of carbonyl (C=O) groups is 1. The monoisotopic (exact) mass is 440 g/mol. The van der Waals surface area contributed by atoms with Crippen LogP contribution in [0, 0.1) is 5.82 Å². The minimum atomic E-state index is -0.257. The van der Waals surface area contributed by atoms with Crippen molar-refractivity contribution < 1.29 is 9.18 Å². The summed E-state index contributed by atoms with van der Waals surface area (Å²) in [6.45, 7) is 3.78. The highest BCUT2D eigenvalue weighted by atomic mass is 79.9. The Balaban J connectivity index is 1.85. The zero-order valence-corrected chi connectivity index (χ0v) is 17.1. The summed E-state index contributed by atoms with van der Waals surface area (Å²) in [6.07, 6.45) is 3.72. The average Bonchev–Trinajstić information content (AvgIpc) is 3.04. The molecule has 3 nitrogen and oxygen atoms in total. The Kier molecular flexibility index (Phi) is 7.87. The molecule has 7 heteroatoms. The molecule has 2 rings (SSSR count). The van der Waals surface area contributed by atoms with Crippen LogP contribution in [0.4, 0.5) is 4.39 Å². The molecule has 0 spiro atoms. The fourth-order valence-electron chi connectivity index (χ4n) is 1.94. The van der Waals surface area contributed by atoms with Crippen molar-refractivity contribution in [3.63, 3.8) is 0 Å². The zero-order valence-electron chi connectivity index (χ0n) is 13.9. The first kappa shape index (κ1) is 19.9. The minimum Gasteiger partial charge on any atom is -0.325 e. The van der Waals surface area contributed by atoms with E-state index < -0.39 is 0 Å². The predicted octanol–water partition coefficient (Wildman–Crippen LogP) is 5.50. The van der Waals surface area contributed by atoms with Gasteiger partial charge < -0.3 is 5.32 Å². The van der Waals surface area contributed by atoms with Gasteiger partial charge in [-0.2, -0.15) is 0 Å². The van der Waals surface area contributed by atoms with E-state index in [0.29, 0.717) is 11.5 Å². The molecule has 0 fully saturated rings. The van der Waals surface area contributed by atoms with Crippen molar-refractivity contribution in [1.29, 1.82) is 0 Å². The second-order valence-corrected chi connectivity index (χ2v) is 8.17. The predicted molar refractivity (Wildman–Crippen MR) is 108 cm³/mol. The SMILES string of the molecule is C/C=C\C(NC(=O)CSCc1csc(-c2ccc(F)cc2)n1)=C(/C)Br. The van der Waals surface area contributed by atoms with Crippen molar-refractivity contribution in [3.05, 3.63) is 63.5 Å². The number of hydrogen-bond donors (Lipinski definition) is 1. The van der Waals surface area contributed by atoms with Crippen molar-refractivity contribution >= 4 is 44.9 Å². The highest BCUT2D eigenvalue weighted by Crippen LogP contribution is 2.25. The van der Waals surface area contributed by atoms with Crippen LogP contribution in [0.5, 0.6) is 0 Å². The van der Waals surface area contributed by atoms with Gasteiger partial charge >= 0.3 is 0 Å². The van der Waals surface area contributed by atoms with Gasteiger partial charge in [0.15, 0.2) is 0 Å². The van der Waals surface area contributed by atoms with Crippen LogP contribution >= 0.6 is 39.0 Å². The van der Waals surface area contributed by atoms with Crippen LogP contribution in [-0.2, 0) is 10.5 Å². The van der Waals surface area contributed by atoms with Gasteiger partial charge in [-0.05, 0) is 44.2 Å². The van der Waals surface area contributed by atoms with Gasteiger partial charge in [-0.1, -0.05) is 22.0 Å². The number of thiazole rings is 1. The number of rotatable bonds is 7. The highest BCUT2D eigenvalue weighted by Gasteiger charge is 2.08. The lowest BCUT2D eigenvalue weighted by molar-refractivity contribution is -0.117. The smallest absolute Gasteiger partial charge is 0.234 e. The second kappa shape index (κ2) is 9.89. The van der Waals surface area contributed by atoms with Crippen LogP contribution in [-0.4, -0.2) is 16.6 Å². The molecule has 0 unspecified atom stereocenters. The Morgan fingerprint density at radius 3 is 2.76 bits per heavy atom. The summed E-state index contributed by atoms with van der Waals surface area (Å²) >= 11 is 6.40. The summed E-state index contributed by atoms with van der Waals surface area (Å²) in [4.78, 5) is 16.5. The molecule has 1 amide bonds. The molecule has 0 radical (unpaired) electrons. The Bertz CT molecular complexity index is 781. The molecule has 1 N–H and O–H groups in total. The van der Waals surface area contributed by atoms with Gasteiger partial charge in [0, 0.05) is 21.2 Å². The molecule has 132 valence electrons. The second-order valence-electron chi connectivity index (χ2n) is 5.14. The fraction of sp³-hybridized carbons (Fsp3) is 0.222. The lowest BCUT2D eigenvalue weighted by Gasteiger charge is -2.06. The summed E-state index contributed by atoms with van der Waals surface area (Å²) < 4.78 is 13.9. The quantitative estimate of drug-likeness (QED) is 0.577. The number of aromatic nitrogens is 1. The van der Waals surface area contributed by atoms with Gasteiger partial charge in [-0.25, -0.2) is 9.37 Å². The first-order valence-corrected chi connectivity index (χ1v) is 10.4. The van der Waals surface area contributed by atoms with E-state index in [2.05, 4.69) is 26.2 Å². The van der Waals surface area contributed by atoms with Crippen LogP contribution in [0.1, 0.15) is 19.5 Å². The minimum absolute atomic E-state index is 0.0501. The molecule has 0 saturated heterocycles. The molecule has 0 bridgehead atoms. The van der Waals surface area contributed by atoms with E-state index in [1.807, 2.05) is 31.4 Å². The Morgan fingerprint density at radius 2 is 2.12 bits per heavy atom. The van der Waals surface area contributed by atoms with Crippen LogP contribution in [0.3, 0.4) is 0 Å². The molecule has 2 aromatic rings. The third kappa shape index (κ3) is 6.41. The molecule has 0 aliphatic rings. The van der Waals surface area contributed by atoms with E-state index in [4.69, 9.17) is 0 Å². The lowest BCUT2D eigenvalue weighted by atomic mass is 10.2. The van der Waals surface area contributed by atoms with E-state index in [-0.39, 0.29) is 11.7 Å². The van der Waals surface area contributed by atoms with Crippen LogP contribution in [0.2, 0.25) is 0 Å². The zero-order chi connectivity index (χ0) is 18.2. The Hall–Kier alpha value is -1.44. The summed E-state index contributed by atoms with van der Waals surface area (Å²) in [5.74, 6) is 0.698. The maximum absolute atomic E-state index is 13.0. The molecular formula is C18H18BrFN2OS2. The lowest BCUT2D eigenvalue weighted by Crippen LogP contribution is -2.24. The van der Waals surface area contributed by atoms with Crippen molar-refractivity contribution in [2.75, 3.05) is 5.75 Å². The van der Waals surface area contributed by atoms with E-state index in [1.54, 1.807) is 12.1 Å². The molecular weight excluding hydrogens is 423 g/mol. The molecule has 0 atom stereocenters. The number of thioether (sulfide) groups is 1. The van der Waals surface area contributed by atoms with E-state index in [1.165, 1.54) is 35.2 Å². The number of nitrogens with zero attached hydrogens (tertiary/aromatic N) is 1. The number of carbonyl (C=O) groups excluding carboxylic acids is 1. The number of allylic oxidation sites excluding steroid dienone is 3. The molecule has 0 aliphatic carbocycles. The fourth-order valence-corrected chi connectivity index (χ4v) is 3.82. The third-order valence-electron chi connectivity index (χ3n) is 3.10. The van der Waals surface area contributed by atoms with E-state index in [0.717, 1.165) is 26.4 Å². The number of amides is 1. The maximum Gasteiger partial charge on any atom is 0.234 e. The van der Waals surface area contributed by atoms with Gasteiger partial charge in [0.05, 0.1) is 17.1 Å². The topological polar surface area (TPSA) is 42.0 Å². The van der Waals surface area contributed by atoms with Crippen molar-refractivity contribution in [3.8, 4) is 10.6 Å². The molecule has 0 aliphatic heterocycles. The largest absolute Gasteiger partial charge is 0.325 e. The standard InChI is InChI=1S/C18H18BrFN2OS2/c1-3-4-16(12(2)19)22-17(23)11-24-9-15-10-25-18(21-15)13-5-7-14(20)8-6-13/h3-8,10H,9,11H2,1-2H3,(H,22,23)/b4-3-,16-12-. The highest BCUT2D eigenvalue weighted by molar-refractivity contribution is 9.11. The summed E-state index contributed by atoms with van der Waals surface area (Å²) in [5, 5.41) is 5.70. The first-order chi connectivity index (χ1) is 12.0. The molecule has 1 aromatic heterocycles. The van der Waals surface area contributed by atoms with Crippen LogP contribution in [0.25, 0.3) is 10.6 Å². The normalized spacial score (nSPS) is 12.3. The number of halogens is 2.